The van der Waals surface area contributed by atoms with Gasteiger partial charge in [-0.3, -0.25) is 9.80 Å². The minimum atomic E-state index is 0.0866. The molecule has 3 aliphatic heterocycles. The highest BCUT2D eigenvalue weighted by Crippen LogP contribution is 2.45. The number of hydrogen-bond donors (Lipinski definition) is 0. The number of rotatable bonds is 3. The normalized spacial score (nSPS) is 35.6. The van der Waals surface area contributed by atoms with Crippen LogP contribution in [0.2, 0.25) is 0 Å². The van der Waals surface area contributed by atoms with Gasteiger partial charge in [-0.2, -0.15) is 0 Å². The highest BCUT2D eigenvalue weighted by Gasteiger charge is 2.44. The molecule has 0 aromatic carbocycles. The summed E-state index contributed by atoms with van der Waals surface area (Å²) in [7, 11) is 0. The van der Waals surface area contributed by atoms with Gasteiger partial charge in [0.05, 0.1) is 31.9 Å². The van der Waals surface area contributed by atoms with Crippen LogP contribution in [0.15, 0.2) is 0 Å². The molecule has 0 aliphatic carbocycles. The van der Waals surface area contributed by atoms with Gasteiger partial charge in [-0.25, -0.2) is 0 Å². The molecule has 2 atom stereocenters. The summed E-state index contributed by atoms with van der Waals surface area (Å²) in [4.78, 5) is 4.97. The standard InChI is InChI=1S/C20H34N2O2/c1-3-19(2)17-20(8-14-24-19)7-6-11-22(18-20)10-5-4-9-21-12-15-23-16-13-21/h3,6-18H2,1-2H3/t19-,20-/m0/s1. The fraction of sp³-hybridized carbons (Fsp3) is 0.900. The third-order valence-corrected chi connectivity index (χ3v) is 6.15. The third-order valence-electron chi connectivity index (χ3n) is 6.15. The molecular weight excluding hydrogens is 300 g/mol. The number of ether oxygens (including phenoxy) is 2. The lowest BCUT2D eigenvalue weighted by atomic mass is 9.68. The topological polar surface area (TPSA) is 24.9 Å². The van der Waals surface area contributed by atoms with Gasteiger partial charge in [-0.15, -0.1) is 0 Å². The van der Waals surface area contributed by atoms with Crippen LogP contribution < -0.4 is 0 Å². The fourth-order valence-corrected chi connectivity index (χ4v) is 4.56. The summed E-state index contributed by atoms with van der Waals surface area (Å²) < 4.78 is 11.5. The second kappa shape index (κ2) is 8.19. The van der Waals surface area contributed by atoms with Crippen LogP contribution in [0, 0.1) is 17.3 Å². The molecule has 0 unspecified atom stereocenters. The van der Waals surface area contributed by atoms with Crippen molar-refractivity contribution in [2.45, 2.75) is 51.6 Å². The van der Waals surface area contributed by atoms with Crippen molar-refractivity contribution in [2.24, 2.45) is 5.41 Å². The minimum Gasteiger partial charge on any atom is -0.379 e. The van der Waals surface area contributed by atoms with E-state index >= 15 is 0 Å². The number of likely N-dealkylation sites (tertiary alicyclic amines) is 1. The van der Waals surface area contributed by atoms with Crippen LogP contribution in [0.1, 0.15) is 46.0 Å². The number of hydrogen-bond acceptors (Lipinski definition) is 4. The van der Waals surface area contributed by atoms with E-state index in [0.29, 0.717) is 5.41 Å². The summed E-state index contributed by atoms with van der Waals surface area (Å²) in [5.74, 6) is 6.80. The predicted molar refractivity (Wildman–Crippen MR) is 97.0 cm³/mol. The van der Waals surface area contributed by atoms with Crippen molar-refractivity contribution in [1.29, 1.82) is 0 Å². The lowest BCUT2D eigenvalue weighted by molar-refractivity contribution is -0.132. The second-order valence-electron chi connectivity index (χ2n) is 8.13. The van der Waals surface area contributed by atoms with E-state index in [4.69, 9.17) is 9.47 Å². The molecule has 0 bridgehead atoms. The largest absolute Gasteiger partial charge is 0.379 e. The van der Waals surface area contributed by atoms with E-state index in [9.17, 15) is 0 Å². The van der Waals surface area contributed by atoms with Gasteiger partial charge in [-0.1, -0.05) is 18.8 Å². The van der Waals surface area contributed by atoms with E-state index < -0.39 is 0 Å². The molecule has 1 spiro atoms. The van der Waals surface area contributed by atoms with Crippen molar-refractivity contribution >= 4 is 0 Å². The molecular formula is C20H34N2O2. The van der Waals surface area contributed by atoms with Gasteiger partial charge in [-0.05, 0) is 51.0 Å². The van der Waals surface area contributed by atoms with Crippen LogP contribution in [-0.2, 0) is 9.47 Å². The maximum atomic E-state index is 6.08. The summed E-state index contributed by atoms with van der Waals surface area (Å²) >= 11 is 0. The first-order valence-electron chi connectivity index (χ1n) is 9.75. The Morgan fingerprint density at radius 3 is 2.46 bits per heavy atom. The molecule has 3 aliphatic rings. The minimum absolute atomic E-state index is 0.0866. The van der Waals surface area contributed by atoms with Gasteiger partial charge >= 0.3 is 0 Å². The van der Waals surface area contributed by atoms with E-state index in [1.807, 2.05) is 0 Å². The van der Waals surface area contributed by atoms with E-state index in [-0.39, 0.29) is 5.60 Å². The molecule has 24 heavy (non-hydrogen) atoms. The fourth-order valence-electron chi connectivity index (χ4n) is 4.56. The van der Waals surface area contributed by atoms with Gasteiger partial charge in [0.15, 0.2) is 0 Å². The highest BCUT2D eigenvalue weighted by molar-refractivity contribution is 5.05. The van der Waals surface area contributed by atoms with Gasteiger partial charge in [0.1, 0.15) is 0 Å². The zero-order valence-corrected chi connectivity index (χ0v) is 15.6. The molecule has 0 radical (unpaired) electrons. The first kappa shape index (κ1) is 18.2. The number of morpholine rings is 1. The Morgan fingerprint density at radius 1 is 0.958 bits per heavy atom. The van der Waals surface area contributed by atoms with Gasteiger partial charge < -0.3 is 9.47 Å². The van der Waals surface area contributed by atoms with E-state index in [1.165, 1.54) is 38.8 Å². The molecule has 4 heteroatoms. The smallest absolute Gasteiger partial charge is 0.0657 e. The molecule has 0 aromatic rings. The summed E-state index contributed by atoms with van der Waals surface area (Å²) in [6, 6.07) is 0. The van der Waals surface area contributed by atoms with E-state index in [0.717, 1.165) is 52.4 Å². The summed E-state index contributed by atoms with van der Waals surface area (Å²) in [5.41, 5.74) is 0.552. The molecule has 4 nitrogen and oxygen atoms in total. The molecule has 0 amide bonds. The quantitative estimate of drug-likeness (QED) is 0.740. The Labute approximate surface area is 147 Å². The van der Waals surface area contributed by atoms with Crippen LogP contribution in [0.3, 0.4) is 0 Å². The Kier molecular flexibility index (Phi) is 6.21. The zero-order chi connectivity index (χ0) is 16.9. The van der Waals surface area contributed by atoms with Gasteiger partial charge in [0.25, 0.3) is 0 Å². The Balaban J connectivity index is 1.49. The maximum Gasteiger partial charge on any atom is 0.0657 e. The lowest BCUT2D eigenvalue weighted by Gasteiger charge is -2.50. The summed E-state index contributed by atoms with van der Waals surface area (Å²) in [6.45, 7) is 13.5. The van der Waals surface area contributed by atoms with Gasteiger partial charge in [0, 0.05) is 26.2 Å². The molecule has 3 rings (SSSR count). The number of piperidine rings is 1. The van der Waals surface area contributed by atoms with E-state index in [1.54, 1.807) is 0 Å². The lowest BCUT2D eigenvalue weighted by Crippen LogP contribution is -2.51. The van der Waals surface area contributed by atoms with Crippen molar-refractivity contribution in [3.8, 4) is 11.8 Å². The van der Waals surface area contributed by atoms with Crippen molar-refractivity contribution in [2.75, 3.05) is 59.1 Å². The van der Waals surface area contributed by atoms with Crippen LogP contribution >= 0.6 is 0 Å². The van der Waals surface area contributed by atoms with Crippen LogP contribution in [-0.4, -0.2) is 74.5 Å². The first-order valence-corrected chi connectivity index (χ1v) is 9.75. The number of nitrogens with zero attached hydrogens (tertiary/aromatic N) is 2. The summed E-state index contributed by atoms with van der Waals surface area (Å²) in [5, 5.41) is 0. The Bertz CT molecular complexity index is 462. The van der Waals surface area contributed by atoms with E-state index in [2.05, 4.69) is 35.5 Å². The molecule has 0 saturated carbocycles. The summed E-state index contributed by atoms with van der Waals surface area (Å²) in [6.07, 6.45) is 6.23. The maximum absolute atomic E-state index is 6.08. The SMILES string of the molecule is CC[C@@]1(C)C[C@]2(CCCN(CC#CCN3CCOCC3)C2)CCO1. The van der Waals surface area contributed by atoms with Gasteiger partial charge in [0.2, 0.25) is 0 Å². The first-order chi connectivity index (χ1) is 11.6. The molecule has 3 fully saturated rings. The van der Waals surface area contributed by atoms with Crippen molar-refractivity contribution in [3.63, 3.8) is 0 Å². The average Bonchev–Trinajstić information content (AvgIpc) is 2.60. The van der Waals surface area contributed by atoms with Crippen LogP contribution in [0.5, 0.6) is 0 Å². The van der Waals surface area contributed by atoms with Crippen molar-refractivity contribution < 1.29 is 9.47 Å². The monoisotopic (exact) mass is 334 g/mol. The average molecular weight is 335 g/mol. The Morgan fingerprint density at radius 2 is 1.71 bits per heavy atom. The molecule has 3 saturated heterocycles. The molecule has 0 aromatic heterocycles. The van der Waals surface area contributed by atoms with Crippen molar-refractivity contribution in [3.05, 3.63) is 0 Å². The zero-order valence-electron chi connectivity index (χ0n) is 15.6. The van der Waals surface area contributed by atoms with Crippen LogP contribution in [0.25, 0.3) is 0 Å². The third kappa shape index (κ3) is 4.73. The molecule has 3 heterocycles. The Hall–Kier alpha value is -0.600. The second-order valence-corrected chi connectivity index (χ2v) is 8.13. The van der Waals surface area contributed by atoms with Crippen molar-refractivity contribution in [1.82, 2.24) is 9.80 Å². The predicted octanol–water partition coefficient (Wildman–Crippen LogP) is 2.38. The molecule has 0 N–H and O–H groups in total. The molecule has 136 valence electrons. The highest BCUT2D eigenvalue weighted by atomic mass is 16.5. The van der Waals surface area contributed by atoms with Crippen LogP contribution in [0.4, 0.5) is 0 Å².